The van der Waals surface area contributed by atoms with Crippen LogP contribution in [0.1, 0.15) is 44.6 Å². The summed E-state index contributed by atoms with van der Waals surface area (Å²) < 4.78 is 5.48. The van der Waals surface area contributed by atoms with Gasteiger partial charge in [0.15, 0.2) is 0 Å². The van der Waals surface area contributed by atoms with E-state index in [-0.39, 0.29) is 6.04 Å². The zero-order valence-corrected chi connectivity index (χ0v) is 13.7. The molecule has 0 amide bonds. The summed E-state index contributed by atoms with van der Waals surface area (Å²) in [6.45, 7) is 4.08. The molecule has 4 heteroatoms. The highest BCUT2D eigenvalue weighted by Gasteiger charge is 2.20. The second-order valence-corrected chi connectivity index (χ2v) is 6.98. The van der Waals surface area contributed by atoms with Crippen LogP contribution >= 0.6 is 11.3 Å². The van der Waals surface area contributed by atoms with E-state index < -0.39 is 0 Å². The van der Waals surface area contributed by atoms with Crippen LogP contribution in [0.25, 0.3) is 0 Å². The van der Waals surface area contributed by atoms with Crippen molar-refractivity contribution >= 4 is 11.3 Å². The fourth-order valence-corrected chi connectivity index (χ4v) is 4.38. The molecule has 0 fully saturated rings. The fraction of sp³-hybridized carbons (Fsp3) is 0.471. The molecule has 0 bridgehead atoms. The first-order valence-electron chi connectivity index (χ1n) is 7.46. The zero-order chi connectivity index (χ0) is 15.0. The van der Waals surface area contributed by atoms with Crippen LogP contribution in [0.5, 0.6) is 5.75 Å². The third-order valence-electron chi connectivity index (χ3n) is 4.29. The van der Waals surface area contributed by atoms with Gasteiger partial charge in [0, 0.05) is 45.2 Å². The number of thiophene rings is 1. The smallest absolute Gasteiger partial charge is 0.128 e. The summed E-state index contributed by atoms with van der Waals surface area (Å²) in [5.41, 5.74) is 11.1. The lowest BCUT2D eigenvalue weighted by Crippen LogP contribution is -2.14. The second kappa shape index (κ2) is 5.78. The largest absolute Gasteiger partial charge is 0.496 e. The Morgan fingerprint density at radius 1 is 1.38 bits per heavy atom. The summed E-state index contributed by atoms with van der Waals surface area (Å²) in [6, 6.07) is 2.33. The first kappa shape index (κ1) is 14.5. The number of fused-ring (bicyclic) bond motifs is 1. The van der Waals surface area contributed by atoms with Gasteiger partial charge in [0.1, 0.15) is 5.75 Å². The van der Waals surface area contributed by atoms with Crippen LogP contribution in [-0.2, 0) is 19.3 Å². The van der Waals surface area contributed by atoms with Crippen molar-refractivity contribution in [2.75, 3.05) is 7.11 Å². The SMILES string of the molecule is COc1c(C)cnc(CC(N)c2cc3c(s2)CCC3)c1C. The molecule has 21 heavy (non-hydrogen) atoms. The van der Waals surface area contributed by atoms with E-state index in [0.717, 1.165) is 29.0 Å². The number of rotatable bonds is 4. The summed E-state index contributed by atoms with van der Waals surface area (Å²) in [5, 5.41) is 0. The molecule has 2 aromatic rings. The molecule has 0 aliphatic heterocycles. The van der Waals surface area contributed by atoms with Crippen LogP contribution < -0.4 is 10.5 Å². The van der Waals surface area contributed by atoms with E-state index in [4.69, 9.17) is 10.5 Å². The third kappa shape index (κ3) is 2.70. The molecule has 2 aromatic heterocycles. The molecule has 1 atom stereocenters. The molecule has 0 aromatic carbocycles. The number of nitrogens with two attached hydrogens (primary N) is 1. The van der Waals surface area contributed by atoms with E-state index in [1.807, 2.05) is 24.5 Å². The van der Waals surface area contributed by atoms with Crippen LogP contribution in [0.3, 0.4) is 0 Å². The number of aryl methyl sites for hydroxylation is 3. The summed E-state index contributed by atoms with van der Waals surface area (Å²) >= 11 is 1.88. The van der Waals surface area contributed by atoms with Gasteiger partial charge < -0.3 is 10.5 Å². The lowest BCUT2D eigenvalue weighted by atomic mass is 10.0. The molecule has 0 saturated carbocycles. The predicted molar refractivity (Wildman–Crippen MR) is 87.2 cm³/mol. The van der Waals surface area contributed by atoms with Gasteiger partial charge in [0.05, 0.1) is 7.11 Å². The standard InChI is InChI=1S/C17H22N2OS/c1-10-9-19-14(11(2)17(10)20-3)8-13(18)16-7-12-5-4-6-15(12)21-16/h7,9,13H,4-6,8,18H2,1-3H3. The van der Waals surface area contributed by atoms with Gasteiger partial charge in [-0.05, 0) is 44.7 Å². The van der Waals surface area contributed by atoms with E-state index in [0.29, 0.717) is 0 Å². The van der Waals surface area contributed by atoms with Gasteiger partial charge in [-0.15, -0.1) is 11.3 Å². The highest BCUT2D eigenvalue weighted by molar-refractivity contribution is 7.12. The molecule has 112 valence electrons. The van der Waals surface area contributed by atoms with Gasteiger partial charge in [0.2, 0.25) is 0 Å². The van der Waals surface area contributed by atoms with Crippen molar-refractivity contribution in [3.63, 3.8) is 0 Å². The maximum Gasteiger partial charge on any atom is 0.128 e. The highest BCUT2D eigenvalue weighted by atomic mass is 32.1. The molecule has 2 N–H and O–H groups in total. The number of hydrogen-bond donors (Lipinski definition) is 1. The Hall–Kier alpha value is -1.39. The minimum Gasteiger partial charge on any atom is -0.496 e. The number of aromatic nitrogens is 1. The monoisotopic (exact) mass is 302 g/mol. The minimum absolute atomic E-state index is 0.0270. The first-order chi connectivity index (χ1) is 10.1. The number of nitrogens with zero attached hydrogens (tertiary/aromatic N) is 1. The van der Waals surface area contributed by atoms with Gasteiger partial charge in [-0.25, -0.2) is 0 Å². The van der Waals surface area contributed by atoms with Crippen LogP contribution in [0, 0.1) is 13.8 Å². The van der Waals surface area contributed by atoms with E-state index in [9.17, 15) is 0 Å². The van der Waals surface area contributed by atoms with Crippen molar-refractivity contribution in [1.29, 1.82) is 0 Å². The molecule has 3 rings (SSSR count). The molecular formula is C17H22N2OS. The summed E-state index contributed by atoms with van der Waals surface area (Å²) in [7, 11) is 1.71. The van der Waals surface area contributed by atoms with Crippen LogP contribution in [0.2, 0.25) is 0 Å². The maximum atomic E-state index is 6.42. The first-order valence-corrected chi connectivity index (χ1v) is 8.28. The van der Waals surface area contributed by atoms with Crippen LogP contribution in [0.15, 0.2) is 12.3 Å². The molecule has 1 aliphatic carbocycles. The van der Waals surface area contributed by atoms with Crippen molar-refractivity contribution in [3.05, 3.63) is 44.4 Å². The maximum absolute atomic E-state index is 6.42. The summed E-state index contributed by atoms with van der Waals surface area (Å²) in [4.78, 5) is 7.39. The lowest BCUT2D eigenvalue weighted by Gasteiger charge is -2.15. The Kier molecular flexibility index (Phi) is 4.00. The Balaban J connectivity index is 1.82. The molecular weight excluding hydrogens is 280 g/mol. The molecule has 0 saturated heterocycles. The van der Waals surface area contributed by atoms with Gasteiger partial charge in [-0.2, -0.15) is 0 Å². The third-order valence-corrected chi connectivity index (χ3v) is 5.66. The summed E-state index contributed by atoms with van der Waals surface area (Å²) in [6.07, 6.45) is 6.38. The van der Waals surface area contributed by atoms with Gasteiger partial charge in [-0.1, -0.05) is 0 Å². The molecule has 0 spiro atoms. The van der Waals surface area contributed by atoms with Crippen molar-refractivity contribution in [2.45, 2.75) is 45.6 Å². The van der Waals surface area contributed by atoms with E-state index >= 15 is 0 Å². The van der Waals surface area contributed by atoms with E-state index in [2.05, 4.69) is 18.0 Å². The topological polar surface area (TPSA) is 48.1 Å². The van der Waals surface area contributed by atoms with E-state index in [1.54, 1.807) is 7.11 Å². The molecule has 2 heterocycles. The van der Waals surface area contributed by atoms with Crippen molar-refractivity contribution in [2.24, 2.45) is 5.73 Å². The quantitative estimate of drug-likeness (QED) is 0.940. The Morgan fingerprint density at radius 3 is 2.90 bits per heavy atom. The average molecular weight is 302 g/mol. The van der Waals surface area contributed by atoms with Crippen molar-refractivity contribution in [3.8, 4) is 5.75 Å². The Bertz CT molecular complexity index is 642. The Labute approximate surface area is 130 Å². The molecule has 0 radical (unpaired) electrons. The van der Waals surface area contributed by atoms with E-state index in [1.165, 1.54) is 34.6 Å². The Morgan fingerprint density at radius 2 is 2.19 bits per heavy atom. The minimum atomic E-state index is 0.0270. The van der Waals surface area contributed by atoms with Gasteiger partial charge in [-0.3, -0.25) is 4.98 Å². The van der Waals surface area contributed by atoms with Crippen LogP contribution in [-0.4, -0.2) is 12.1 Å². The number of hydrogen-bond acceptors (Lipinski definition) is 4. The highest BCUT2D eigenvalue weighted by Crippen LogP contribution is 2.34. The molecule has 1 aliphatic rings. The van der Waals surface area contributed by atoms with Crippen molar-refractivity contribution in [1.82, 2.24) is 4.98 Å². The number of ether oxygens (including phenoxy) is 1. The summed E-state index contributed by atoms with van der Waals surface area (Å²) in [5.74, 6) is 0.931. The fourth-order valence-electron chi connectivity index (χ4n) is 3.12. The van der Waals surface area contributed by atoms with Gasteiger partial charge >= 0.3 is 0 Å². The average Bonchev–Trinajstić information content (AvgIpc) is 3.03. The van der Waals surface area contributed by atoms with Gasteiger partial charge in [0.25, 0.3) is 0 Å². The number of pyridine rings is 1. The number of methoxy groups -OCH3 is 1. The zero-order valence-electron chi connectivity index (χ0n) is 12.9. The molecule has 1 unspecified atom stereocenters. The van der Waals surface area contributed by atoms with Crippen LogP contribution in [0.4, 0.5) is 0 Å². The second-order valence-electron chi connectivity index (χ2n) is 5.81. The molecule has 3 nitrogen and oxygen atoms in total. The normalized spacial score (nSPS) is 15.0. The lowest BCUT2D eigenvalue weighted by molar-refractivity contribution is 0.406. The predicted octanol–water partition coefficient (Wildman–Crippen LogP) is 3.50. The van der Waals surface area contributed by atoms with Crippen molar-refractivity contribution < 1.29 is 4.74 Å².